The van der Waals surface area contributed by atoms with E-state index in [4.69, 9.17) is 0 Å². The van der Waals surface area contributed by atoms with Crippen molar-refractivity contribution in [2.45, 2.75) is 18.9 Å². The zero-order chi connectivity index (χ0) is 16.8. The average Bonchev–Trinajstić information content (AvgIpc) is 3.39. The molecule has 2 bridgehead atoms. The van der Waals surface area contributed by atoms with Crippen molar-refractivity contribution in [3.05, 3.63) is 47.0 Å². The number of hydrogen-bond donors (Lipinski definition) is 0. The van der Waals surface area contributed by atoms with Gasteiger partial charge >= 0.3 is 6.03 Å². The van der Waals surface area contributed by atoms with Gasteiger partial charge in [0, 0.05) is 30.4 Å². The minimum atomic E-state index is -0.822. The van der Waals surface area contributed by atoms with E-state index in [0.717, 1.165) is 11.3 Å². The summed E-state index contributed by atoms with van der Waals surface area (Å²) >= 11 is 0. The Hall–Kier alpha value is -2.43. The quantitative estimate of drug-likeness (QED) is 0.484. The van der Waals surface area contributed by atoms with Crippen molar-refractivity contribution in [1.82, 2.24) is 9.80 Å². The molecule has 5 heteroatoms. The summed E-state index contributed by atoms with van der Waals surface area (Å²) in [4.78, 5) is 40.8. The van der Waals surface area contributed by atoms with Crippen LogP contribution in [0, 0.1) is 17.8 Å². The summed E-state index contributed by atoms with van der Waals surface area (Å²) in [6, 6.07) is 8.44. The number of hydrogen-bond acceptors (Lipinski definition) is 3. The van der Waals surface area contributed by atoms with Gasteiger partial charge in [-0.2, -0.15) is 0 Å². The summed E-state index contributed by atoms with van der Waals surface area (Å²) in [5, 5.41) is 0. The number of urea groups is 1. The maximum atomic E-state index is 13.1. The fourth-order valence-corrected chi connectivity index (χ4v) is 4.84. The molecule has 3 amide bonds. The molecule has 24 heavy (non-hydrogen) atoms. The highest BCUT2D eigenvalue weighted by Crippen LogP contribution is 2.79. The minimum Gasteiger partial charge on any atom is -0.313 e. The van der Waals surface area contributed by atoms with E-state index >= 15 is 0 Å². The molecular weight excluding hydrogens is 304 g/mol. The number of rotatable bonds is 4. The molecule has 2 unspecified atom stereocenters. The third-order valence-electron chi connectivity index (χ3n) is 6.49. The first kappa shape index (κ1) is 14.0. The first-order chi connectivity index (χ1) is 11.5. The smallest absolute Gasteiger partial charge is 0.313 e. The van der Waals surface area contributed by atoms with Gasteiger partial charge in [-0.1, -0.05) is 41.5 Å². The van der Waals surface area contributed by atoms with Crippen molar-refractivity contribution in [2.24, 2.45) is 17.8 Å². The first-order valence-electron chi connectivity index (χ1n) is 8.38. The fourth-order valence-electron chi connectivity index (χ4n) is 4.84. The number of nitrogens with zero attached hydrogens (tertiary/aromatic N) is 2. The second-order valence-corrected chi connectivity index (χ2v) is 7.45. The van der Waals surface area contributed by atoms with Gasteiger partial charge in [0.25, 0.3) is 5.91 Å². The summed E-state index contributed by atoms with van der Waals surface area (Å²) in [5.74, 6) is 0.848. The number of carbonyl (C=O) groups is 3. The van der Waals surface area contributed by atoms with E-state index in [1.165, 1.54) is 11.1 Å². The third-order valence-corrected chi connectivity index (χ3v) is 6.49. The predicted molar refractivity (Wildman–Crippen MR) is 86.2 cm³/mol. The molecule has 1 aromatic rings. The molecule has 5 aliphatic rings. The van der Waals surface area contributed by atoms with Gasteiger partial charge in [-0.25, -0.2) is 4.79 Å². The van der Waals surface area contributed by atoms with Crippen LogP contribution >= 0.6 is 0 Å². The molecule has 2 saturated carbocycles. The van der Waals surface area contributed by atoms with Crippen LogP contribution in [-0.2, 0) is 4.79 Å². The van der Waals surface area contributed by atoms with Crippen LogP contribution in [0.3, 0.4) is 0 Å². The Morgan fingerprint density at radius 2 is 1.88 bits per heavy atom. The highest BCUT2D eigenvalue weighted by Gasteiger charge is 2.75. The van der Waals surface area contributed by atoms with Crippen LogP contribution in [0.1, 0.15) is 23.7 Å². The summed E-state index contributed by atoms with van der Waals surface area (Å²) < 4.78 is 0. The average molecular weight is 322 g/mol. The molecule has 0 radical (unpaired) electrons. The van der Waals surface area contributed by atoms with Gasteiger partial charge < -0.3 is 4.90 Å². The summed E-state index contributed by atoms with van der Waals surface area (Å²) in [5.41, 5.74) is 2.77. The molecule has 0 N–H and O–H groups in total. The molecule has 4 aliphatic carbocycles. The Labute approximate surface area is 139 Å². The highest BCUT2D eigenvalue weighted by atomic mass is 16.2. The summed E-state index contributed by atoms with van der Waals surface area (Å²) in [7, 11) is 1.69. The van der Waals surface area contributed by atoms with Crippen molar-refractivity contribution >= 4 is 17.7 Å². The number of imide groups is 1. The Balaban J connectivity index is 1.40. The van der Waals surface area contributed by atoms with Crippen LogP contribution in [0.2, 0.25) is 0 Å². The normalized spacial score (nSPS) is 35.7. The number of fused-ring (bicyclic) bond motifs is 1. The van der Waals surface area contributed by atoms with Crippen LogP contribution in [0.4, 0.5) is 4.79 Å². The van der Waals surface area contributed by atoms with Gasteiger partial charge in [-0.3, -0.25) is 14.5 Å². The number of carbonyl (C=O) groups excluding carboxylic acids is 3. The van der Waals surface area contributed by atoms with Gasteiger partial charge in [0.1, 0.15) is 5.54 Å². The molecule has 122 valence electrons. The predicted octanol–water partition coefficient (Wildman–Crippen LogP) is 2.10. The van der Waals surface area contributed by atoms with Crippen molar-refractivity contribution in [2.75, 3.05) is 13.6 Å². The molecule has 1 heterocycles. The van der Waals surface area contributed by atoms with Gasteiger partial charge in [0.15, 0.2) is 5.78 Å². The van der Waals surface area contributed by atoms with Crippen LogP contribution in [0.15, 0.2) is 41.5 Å². The molecular formula is C19H18N2O3. The second kappa shape index (κ2) is 4.15. The molecule has 1 saturated heterocycles. The molecule has 1 aromatic carbocycles. The topological polar surface area (TPSA) is 57.7 Å². The van der Waals surface area contributed by atoms with Crippen LogP contribution in [0.25, 0.3) is 0 Å². The zero-order valence-electron chi connectivity index (χ0n) is 13.7. The van der Waals surface area contributed by atoms with Gasteiger partial charge in [-0.05, 0) is 13.3 Å². The van der Waals surface area contributed by atoms with Gasteiger partial charge in [0.05, 0.1) is 6.54 Å². The maximum Gasteiger partial charge on any atom is 0.327 e. The molecule has 0 spiro atoms. The van der Waals surface area contributed by atoms with E-state index in [1.54, 1.807) is 36.2 Å². The van der Waals surface area contributed by atoms with E-state index in [9.17, 15) is 14.4 Å². The number of Topliss-reactive ketones (excluding diaryl/α,β-unsaturated/α-hetero) is 1. The lowest BCUT2D eigenvalue weighted by Crippen LogP contribution is -2.51. The fraction of sp³-hybridized carbons (Fsp3) is 0.421. The zero-order valence-corrected chi connectivity index (χ0v) is 13.7. The number of ketones is 1. The lowest BCUT2D eigenvalue weighted by atomic mass is 9.81. The molecule has 5 nitrogen and oxygen atoms in total. The number of amides is 3. The van der Waals surface area contributed by atoms with E-state index in [0.29, 0.717) is 17.4 Å². The lowest BCUT2D eigenvalue weighted by molar-refractivity contribution is -0.134. The molecule has 1 aliphatic heterocycles. The van der Waals surface area contributed by atoms with Crippen LogP contribution in [0.5, 0.6) is 0 Å². The second-order valence-electron chi connectivity index (χ2n) is 7.45. The Bertz CT molecular complexity index is 829. The molecule has 0 aromatic heterocycles. The lowest BCUT2D eigenvalue weighted by Gasteiger charge is -2.34. The molecule has 6 rings (SSSR count). The van der Waals surface area contributed by atoms with Gasteiger partial charge in [0.2, 0.25) is 0 Å². The van der Waals surface area contributed by atoms with Gasteiger partial charge in [-0.15, -0.1) is 0 Å². The monoisotopic (exact) mass is 322 g/mol. The van der Waals surface area contributed by atoms with Crippen molar-refractivity contribution in [3.8, 4) is 0 Å². The number of likely N-dealkylation sites (N-methyl/N-ethyl adjacent to an activating group) is 1. The van der Waals surface area contributed by atoms with Crippen molar-refractivity contribution in [1.29, 1.82) is 0 Å². The highest BCUT2D eigenvalue weighted by molar-refractivity contribution is 6.11. The summed E-state index contributed by atoms with van der Waals surface area (Å²) in [6.07, 6.45) is 0.982. The van der Waals surface area contributed by atoms with E-state index in [2.05, 4.69) is 0 Å². The number of benzene rings is 1. The third kappa shape index (κ3) is 1.48. The first-order valence-corrected chi connectivity index (χ1v) is 8.38. The Morgan fingerprint density at radius 3 is 2.46 bits per heavy atom. The van der Waals surface area contributed by atoms with Crippen LogP contribution in [-0.4, -0.2) is 46.7 Å². The van der Waals surface area contributed by atoms with Crippen LogP contribution < -0.4 is 0 Å². The van der Waals surface area contributed by atoms with E-state index in [1.807, 2.05) is 13.0 Å². The standard InChI is InChI=1S/C19H18N2O3/c1-19(12-8-11-14-15(11)16(12)14)17(23)21(18(24)20(19)2)9-13(22)10-6-4-3-5-7-10/h3-7,11-12,16H,8-9H2,1-2H3/t11-,12?,16-,19?. The molecule has 2 atom stereocenters. The van der Waals surface area contributed by atoms with E-state index in [-0.39, 0.29) is 30.2 Å². The van der Waals surface area contributed by atoms with Crippen molar-refractivity contribution < 1.29 is 14.4 Å². The van der Waals surface area contributed by atoms with E-state index < -0.39 is 5.54 Å². The molecule has 3 fully saturated rings. The number of allylic oxidation sites excluding steroid dienone is 2. The largest absolute Gasteiger partial charge is 0.327 e. The maximum absolute atomic E-state index is 13.1. The SMILES string of the molecule is CN1C(=O)N(CC(=O)c2ccccc2)C(=O)C1(C)C1C[C@H]2C3=C2[C@H]31. The Morgan fingerprint density at radius 1 is 1.21 bits per heavy atom. The Kier molecular flexibility index (Phi) is 2.41. The van der Waals surface area contributed by atoms with Crippen molar-refractivity contribution in [3.63, 3.8) is 0 Å². The minimum absolute atomic E-state index is 0.185. The summed E-state index contributed by atoms with van der Waals surface area (Å²) in [6.45, 7) is 1.68.